The predicted octanol–water partition coefficient (Wildman–Crippen LogP) is -0.306. The van der Waals surface area contributed by atoms with E-state index in [0.29, 0.717) is 16.6 Å². The monoisotopic (exact) mass is 260 g/mol. The van der Waals surface area contributed by atoms with Crippen molar-refractivity contribution < 1.29 is 9.59 Å². The average Bonchev–Trinajstić information content (AvgIpc) is 2.93. The van der Waals surface area contributed by atoms with Crippen LogP contribution in [0.5, 0.6) is 0 Å². The summed E-state index contributed by atoms with van der Waals surface area (Å²) < 4.78 is 0. The first kappa shape index (κ1) is 11.5. The molecule has 0 spiro atoms. The van der Waals surface area contributed by atoms with Gasteiger partial charge in [-0.15, -0.1) is 0 Å². The van der Waals surface area contributed by atoms with E-state index in [1.54, 1.807) is 18.2 Å². The zero-order valence-electron chi connectivity index (χ0n) is 9.97. The number of nitrogens with one attached hydrogen (secondary N) is 2. The van der Waals surface area contributed by atoms with Crippen LogP contribution in [-0.2, 0) is 9.59 Å². The van der Waals surface area contributed by atoms with E-state index >= 15 is 0 Å². The van der Waals surface area contributed by atoms with E-state index in [2.05, 4.69) is 10.2 Å². The van der Waals surface area contributed by atoms with E-state index in [1.165, 1.54) is 4.90 Å². The maximum Gasteiger partial charge on any atom is 0.271 e. The second-order valence-corrected chi connectivity index (χ2v) is 4.62. The molecule has 1 atom stereocenters. The van der Waals surface area contributed by atoms with E-state index in [-0.39, 0.29) is 24.4 Å². The van der Waals surface area contributed by atoms with Crippen molar-refractivity contribution in [2.24, 2.45) is 11.7 Å². The Kier molecular flexibility index (Phi) is 2.41. The van der Waals surface area contributed by atoms with Gasteiger partial charge in [0.25, 0.3) is 5.56 Å². The second-order valence-electron chi connectivity index (χ2n) is 4.62. The summed E-state index contributed by atoms with van der Waals surface area (Å²) >= 11 is 0. The molecule has 1 aromatic heterocycles. The van der Waals surface area contributed by atoms with Gasteiger partial charge >= 0.3 is 0 Å². The van der Waals surface area contributed by atoms with Crippen LogP contribution in [0.1, 0.15) is 6.42 Å². The number of nitrogens with two attached hydrogens (primary N) is 1. The number of anilines is 1. The maximum absolute atomic E-state index is 11.9. The Bertz CT molecular complexity index is 730. The lowest BCUT2D eigenvalue weighted by Gasteiger charge is -2.16. The molecule has 2 aromatic rings. The Balaban J connectivity index is 2.00. The van der Waals surface area contributed by atoms with Crippen LogP contribution in [-0.4, -0.2) is 28.6 Å². The van der Waals surface area contributed by atoms with Gasteiger partial charge in [0, 0.05) is 18.7 Å². The average molecular weight is 260 g/mol. The van der Waals surface area contributed by atoms with E-state index in [0.717, 1.165) is 0 Å². The van der Waals surface area contributed by atoms with Crippen LogP contribution in [0.4, 0.5) is 5.69 Å². The lowest BCUT2D eigenvalue weighted by Crippen LogP contribution is -2.28. The van der Waals surface area contributed by atoms with E-state index in [4.69, 9.17) is 5.73 Å². The fourth-order valence-electron chi connectivity index (χ4n) is 2.34. The zero-order valence-corrected chi connectivity index (χ0v) is 9.97. The van der Waals surface area contributed by atoms with Crippen LogP contribution in [0.15, 0.2) is 23.0 Å². The minimum absolute atomic E-state index is 0.122. The van der Waals surface area contributed by atoms with Crippen LogP contribution < -0.4 is 16.2 Å². The zero-order chi connectivity index (χ0) is 13.6. The van der Waals surface area contributed by atoms with Crippen LogP contribution in [0, 0.1) is 5.92 Å². The number of carbonyl (C=O) groups is 2. The number of fused-ring (bicyclic) bond motifs is 1. The van der Waals surface area contributed by atoms with Crippen molar-refractivity contribution in [3.8, 4) is 0 Å². The van der Waals surface area contributed by atoms with E-state index < -0.39 is 11.8 Å². The number of hydrogen-bond donors (Lipinski definition) is 3. The number of aromatic nitrogens is 2. The minimum Gasteiger partial charge on any atom is -0.369 e. The van der Waals surface area contributed by atoms with Gasteiger partial charge in [-0.25, -0.2) is 0 Å². The van der Waals surface area contributed by atoms with Crippen molar-refractivity contribution >= 4 is 28.4 Å². The van der Waals surface area contributed by atoms with Crippen LogP contribution in [0.25, 0.3) is 10.9 Å². The van der Waals surface area contributed by atoms with Crippen LogP contribution >= 0.6 is 0 Å². The summed E-state index contributed by atoms with van der Waals surface area (Å²) in [6.45, 7) is 0.266. The molecule has 0 saturated carbocycles. The third kappa shape index (κ3) is 1.79. The summed E-state index contributed by atoms with van der Waals surface area (Å²) in [4.78, 5) is 36.0. The lowest BCUT2D eigenvalue weighted by molar-refractivity contribution is -0.123. The molecule has 0 radical (unpaired) electrons. The summed E-state index contributed by atoms with van der Waals surface area (Å²) in [6.07, 6.45) is 0.122. The summed E-state index contributed by atoms with van der Waals surface area (Å²) in [5, 5.41) is 5.68. The van der Waals surface area contributed by atoms with Crippen molar-refractivity contribution in [1.82, 2.24) is 10.2 Å². The fourth-order valence-corrected chi connectivity index (χ4v) is 2.34. The second kappa shape index (κ2) is 3.98. The van der Waals surface area contributed by atoms with Gasteiger partial charge in [-0.2, -0.15) is 0 Å². The molecule has 3 rings (SSSR count). The molecule has 1 aliphatic heterocycles. The highest BCUT2D eigenvalue weighted by Crippen LogP contribution is 2.26. The number of primary amides is 1. The number of carbonyl (C=O) groups excluding carboxylic acids is 2. The quantitative estimate of drug-likeness (QED) is 0.688. The SMILES string of the molecule is NC(=O)C1CC(=O)N(c2ccc3[nH][nH]c(=O)c3c2)C1. The van der Waals surface area contributed by atoms with Crippen molar-refractivity contribution in [2.45, 2.75) is 6.42 Å². The van der Waals surface area contributed by atoms with E-state index in [9.17, 15) is 14.4 Å². The van der Waals surface area contributed by atoms with Gasteiger partial charge in [0.2, 0.25) is 11.8 Å². The molecule has 7 heteroatoms. The van der Waals surface area contributed by atoms with Gasteiger partial charge in [-0.05, 0) is 18.2 Å². The number of hydrogen-bond acceptors (Lipinski definition) is 3. The fraction of sp³-hybridized carbons (Fsp3) is 0.250. The number of amides is 2. The molecule has 0 bridgehead atoms. The first-order valence-electron chi connectivity index (χ1n) is 5.86. The molecule has 1 unspecified atom stereocenters. The van der Waals surface area contributed by atoms with Gasteiger partial charge in [0.05, 0.1) is 16.8 Å². The normalized spacial score (nSPS) is 19.3. The van der Waals surface area contributed by atoms with Crippen LogP contribution in [0.2, 0.25) is 0 Å². The van der Waals surface area contributed by atoms with Gasteiger partial charge in [-0.3, -0.25) is 24.6 Å². The Morgan fingerprint density at radius 2 is 2.11 bits per heavy atom. The Labute approximate surface area is 107 Å². The molecule has 2 heterocycles. The predicted molar refractivity (Wildman–Crippen MR) is 68.6 cm³/mol. The first-order chi connectivity index (χ1) is 9.06. The molecule has 98 valence electrons. The Morgan fingerprint density at radius 1 is 1.32 bits per heavy atom. The molecule has 1 aliphatic rings. The summed E-state index contributed by atoms with van der Waals surface area (Å²) in [5.74, 6) is -1.10. The van der Waals surface area contributed by atoms with E-state index in [1.807, 2.05) is 0 Å². The molecule has 7 nitrogen and oxygen atoms in total. The van der Waals surface area contributed by atoms with Gasteiger partial charge in [0.15, 0.2) is 0 Å². The molecule has 0 aliphatic carbocycles. The van der Waals surface area contributed by atoms with Gasteiger partial charge in [-0.1, -0.05) is 0 Å². The maximum atomic E-state index is 11.9. The summed E-state index contributed by atoms with van der Waals surface area (Å²) in [5.41, 5.74) is 6.26. The molecule has 19 heavy (non-hydrogen) atoms. The number of rotatable bonds is 2. The third-order valence-electron chi connectivity index (χ3n) is 3.40. The number of aromatic amines is 2. The first-order valence-corrected chi connectivity index (χ1v) is 5.86. The lowest BCUT2D eigenvalue weighted by atomic mass is 10.1. The standard InChI is InChI=1S/C12H12N4O3/c13-11(18)6-3-10(17)16(5-6)7-1-2-9-8(4-7)12(19)15-14-9/h1-2,4,6H,3,5H2,(H2,13,18)(H2,14,15,19). The molecular formula is C12H12N4O3. The number of benzene rings is 1. The highest BCUT2D eigenvalue weighted by molar-refractivity contribution is 6.01. The highest BCUT2D eigenvalue weighted by atomic mass is 16.2. The number of nitrogens with zero attached hydrogens (tertiary/aromatic N) is 1. The van der Waals surface area contributed by atoms with Crippen molar-refractivity contribution in [3.63, 3.8) is 0 Å². The topological polar surface area (TPSA) is 112 Å². The summed E-state index contributed by atoms with van der Waals surface area (Å²) in [6, 6.07) is 5.08. The molecule has 1 aromatic carbocycles. The largest absolute Gasteiger partial charge is 0.369 e. The minimum atomic E-state index is -0.476. The highest BCUT2D eigenvalue weighted by Gasteiger charge is 2.34. The Hall–Kier alpha value is -2.57. The molecule has 1 fully saturated rings. The Morgan fingerprint density at radius 3 is 2.79 bits per heavy atom. The summed E-state index contributed by atoms with van der Waals surface area (Å²) in [7, 11) is 0. The smallest absolute Gasteiger partial charge is 0.271 e. The number of H-pyrrole nitrogens is 2. The third-order valence-corrected chi connectivity index (χ3v) is 3.40. The molecule has 2 amide bonds. The van der Waals surface area contributed by atoms with Crippen molar-refractivity contribution in [3.05, 3.63) is 28.6 Å². The molecule has 1 saturated heterocycles. The van der Waals surface area contributed by atoms with Crippen LogP contribution in [0.3, 0.4) is 0 Å². The molecule has 4 N–H and O–H groups in total. The van der Waals surface area contributed by atoms with Gasteiger partial charge < -0.3 is 10.6 Å². The van der Waals surface area contributed by atoms with Crippen molar-refractivity contribution in [2.75, 3.05) is 11.4 Å². The van der Waals surface area contributed by atoms with Crippen molar-refractivity contribution in [1.29, 1.82) is 0 Å². The molecular weight excluding hydrogens is 248 g/mol. The van der Waals surface area contributed by atoms with Gasteiger partial charge in [0.1, 0.15) is 0 Å².